The van der Waals surface area contributed by atoms with Crippen LogP contribution < -0.4 is 10.1 Å². The van der Waals surface area contributed by atoms with E-state index in [-0.39, 0.29) is 29.3 Å². The van der Waals surface area contributed by atoms with Crippen LogP contribution >= 0.6 is 0 Å². The van der Waals surface area contributed by atoms with Crippen LogP contribution in [-0.2, 0) is 16.1 Å². The summed E-state index contributed by atoms with van der Waals surface area (Å²) >= 11 is 0. The van der Waals surface area contributed by atoms with Crippen LogP contribution in [0.1, 0.15) is 45.1 Å². The molecule has 1 aliphatic heterocycles. The quantitative estimate of drug-likeness (QED) is 0.640. The number of fused-ring (bicyclic) bond motifs is 2. The molecule has 0 aromatic heterocycles. The van der Waals surface area contributed by atoms with Gasteiger partial charge < -0.3 is 14.8 Å². The van der Waals surface area contributed by atoms with Crippen LogP contribution in [0.2, 0.25) is 0 Å². The largest absolute Gasteiger partial charge is 0.497 e. The number of carbonyl (C=O) groups excluding carboxylic acids is 1. The van der Waals surface area contributed by atoms with Crippen LogP contribution in [0.4, 0.5) is 0 Å². The monoisotopic (exact) mass is 370 g/mol. The molecule has 3 aliphatic rings. The Hall–Kier alpha value is -1.81. The lowest BCUT2D eigenvalue weighted by Crippen LogP contribution is -2.84. The number of esters is 1. The van der Waals surface area contributed by atoms with Crippen molar-refractivity contribution in [2.75, 3.05) is 13.7 Å². The third kappa shape index (κ3) is 3.52. The van der Waals surface area contributed by atoms with Gasteiger partial charge >= 0.3 is 5.97 Å². The molecule has 146 valence electrons. The topological polar surface area (TPSA) is 52.1 Å². The van der Waals surface area contributed by atoms with Gasteiger partial charge in [0, 0.05) is 11.5 Å². The number of carbonyl (C=O) groups is 1. The van der Waals surface area contributed by atoms with Crippen molar-refractivity contribution in [2.24, 2.45) is 23.2 Å². The number of quaternary nitrogens is 1. The minimum absolute atomic E-state index is 0.00253. The lowest BCUT2D eigenvalue weighted by atomic mass is 9.59. The van der Waals surface area contributed by atoms with Crippen molar-refractivity contribution in [1.82, 2.24) is 0 Å². The number of hydrogen-bond donors (Lipinski definition) is 1. The average Bonchev–Trinajstić information content (AvgIpc) is 2.95. The predicted molar refractivity (Wildman–Crippen MR) is 104 cm³/mol. The summed E-state index contributed by atoms with van der Waals surface area (Å²) in [5.74, 6) is 1.76. The van der Waals surface area contributed by atoms with Crippen LogP contribution in [0.25, 0.3) is 0 Å². The molecule has 2 fully saturated rings. The van der Waals surface area contributed by atoms with E-state index in [9.17, 15) is 4.79 Å². The summed E-state index contributed by atoms with van der Waals surface area (Å²) in [5, 5.41) is 2.24. The Morgan fingerprint density at radius 2 is 2.07 bits per heavy atom. The molecule has 27 heavy (non-hydrogen) atoms. The fraction of sp³-hybridized carbons (Fsp3) is 0.609. The first-order valence-corrected chi connectivity index (χ1v) is 10.4. The Bertz CT molecular complexity index is 726. The summed E-state index contributed by atoms with van der Waals surface area (Å²) in [5.41, 5.74) is 3.07. The zero-order valence-corrected chi connectivity index (χ0v) is 16.7. The first kappa shape index (κ1) is 18.5. The Labute approximate surface area is 162 Å². The summed E-state index contributed by atoms with van der Waals surface area (Å²) in [7, 11) is 1.68. The second kappa shape index (κ2) is 7.31. The number of allylic oxidation sites excluding steroid dienone is 1. The zero-order valence-electron chi connectivity index (χ0n) is 16.7. The van der Waals surface area contributed by atoms with Gasteiger partial charge in [0.2, 0.25) is 0 Å². The van der Waals surface area contributed by atoms with E-state index in [1.54, 1.807) is 12.7 Å². The number of nitrogens with two attached hydrogens (primary N) is 1. The highest BCUT2D eigenvalue weighted by atomic mass is 16.6. The molecule has 0 radical (unpaired) electrons. The molecule has 2 aliphatic carbocycles. The van der Waals surface area contributed by atoms with Crippen molar-refractivity contribution < 1.29 is 19.6 Å². The van der Waals surface area contributed by atoms with Crippen molar-refractivity contribution in [2.45, 2.75) is 52.2 Å². The second-order valence-electron chi connectivity index (χ2n) is 8.92. The molecule has 0 unspecified atom stereocenters. The van der Waals surface area contributed by atoms with Crippen LogP contribution in [0.5, 0.6) is 5.75 Å². The van der Waals surface area contributed by atoms with Crippen molar-refractivity contribution in [3.8, 4) is 5.75 Å². The molecule has 1 heterocycles. The lowest BCUT2D eigenvalue weighted by Gasteiger charge is -2.45. The molecule has 4 nitrogen and oxygen atoms in total. The molecular weight excluding hydrogens is 338 g/mol. The number of hydrogen-bond acceptors (Lipinski definition) is 3. The molecule has 1 aromatic carbocycles. The van der Waals surface area contributed by atoms with E-state index in [0.717, 1.165) is 25.3 Å². The molecule has 1 saturated carbocycles. The maximum Gasteiger partial charge on any atom is 0.315 e. The van der Waals surface area contributed by atoms with Gasteiger partial charge in [0.05, 0.1) is 13.7 Å². The highest BCUT2D eigenvalue weighted by Gasteiger charge is 2.52. The van der Waals surface area contributed by atoms with Crippen molar-refractivity contribution >= 4 is 5.97 Å². The summed E-state index contributed by atoms with van der Waals surface area (Å²) in [4.78, 5) is 12.6. The molecule has 1 saturated heterocycles. The van der Waals surface area contributed by atoms with Gasteiger partial charge in [-0.1, -0.05) is 31.9 Å². The third-order valence-electron chi connectivity index (χ3n) is 7.04. The van der Waals surface area contributed by atoms with Gasteiger partial charge in [0.25, 0.3) is 0 Å². The van der Waals surface area contributed by atoms with E-state index >= 15 is 0 Å². The Kier molecular flexibility index (Phi) is 5.02. The molecule has 0 amide bonds. The maximum atomic E-state index is 12.6. The molecule has 4 heteroatoms. The van der Waals surface area contributed by atoms with Crippen LogP contribution in [0.3, 0.4) is 0 Å². The number of benzene rings is 1. The fourth-order valence-corrected chi connectivity index (χ4v) is 5.51. The number of rotatable bonds is 5. The summed E-state index contributed by atoms with van der Waals surface area (Å²) in [6.07, 6.45) is 7.33. The molecule has 0 spiro atoms. The first-order valence-electron chi connectivity index (χ1n) is 10.4. The Morgan fingerprint density at radius 1 is 1.30 bits per heavy atom. The van der Waals surface area contributed by atoms with Crippen molar-refractivity contribution in [3.63, 3.8) is 0 Å². The SMILES string of the molecule is COc1ccc(C[NH2+]C[C@@H]2C(=O)O[C@@H]3C[C@@]4(C)CCC[C@H](C)C4=C[C@H]23)cc1. The van der Waals surface area contributed by atoms with Crippen molar-refractivity contribution in [1.29, 1.82) is 0 Å². The molecule has 2 N–H and O–H groups in total. The standard InChI is InChI=1S/C23H31NO3/c1-15-5-4-10-23(2)12-21-18(11-20(15)23)19(22(25)27-21)14-24-13-16-6-8-17(26-3)9-7-16/h6-9,11,15,18-19,21,24H,4-5,10,12-14H2,1-3H3/p+1/t15-,18+,19-,21+,23+/m0/s1. The zero-order chi connectivity index (χ0) is 19.0. The smallest absolute Gasteiger partial charge is 0.315 e. The summed E-state index contributed by atoms with van der Waals surface area (Å²) in [6.45, 7) is 6.39. The van der Waals surface area contributed by atoms with E-state index in [2.05, 4.69) is 37.4 Å². The fourth-order valence-electron chi connectivity index (χ4n) is 5.51. The van der Waals surface area contributed by atoms with Gasteiger partial charge in [0.15, 0.2) is 0 Å². The molecule has 5 atom stereocenters. The van der Waals surface area contributed by atoms with Gasteiger partial charge in [-0.3, -0.25) is 4.79 Å². The van der Waals surface area contributed by atoms with E-state index in [0.29, 0.717) is 5.92 Å². The van der Waals surface area contributed by atoms with E-state index < -0.39 is 0 Å². The highest BCUT2D eigenvalue weighted by molar-refractivity contribution is 5.76. The van der Waals surface area contributed by atoms with Gasteiger partial charge in [-0.25, -0.2) is 0 Å². The first-order chi connectivity index (χ1) is 13.0. The van der Waals surface area contributed by atoms with Crippen LogP contribution in [-0.4, -0.2) is 25.7 Å². The van der Waals surface area contributed by atoms with Gasteiger partial charge in [-0.2, -0.15) is 0 Å². The lowest BCUT2D eigenvalue weighted by molar-refractivity contribution is -0.674. The minimum Gasteiger partial charge on any atom is -0.497 e. The Morgan fingerprint density at radius 3 is 2.81 bits per heavy atom. The highest BCUT2D eigenvalue weighted by Crippen LogP contribution is 2.53. The van der Waals surface area contributed by atoms with Gasteiger partial charge in [-0.05, 0) is 54.9 Å². The van der Waals surface area contributed by atoms with Gasteiger partial charge in [-0.15, -0.1) is 0 Å². The molecular formula is C23H32NO3+. The minimum atomic E-state index is -0.0144. The van der Waals surface area contributed by atoms with Gasteiger partial charge in [0.1, 0.15) is 24.3 Å². The van der Waals surface area contributed by atoms with Crippen LogP contribution in [0.15, 0.2) is 35.9 Å². The number of ether oxygens (including phenoxy) is 2. The summed E-state index contributed by atoms with van der Waals surface area (Å²) < 4.78 is 11.1. The number of methoxy groups -OCH3 is 1. The normalized spacial score (nSPS) is 35.1. The summed E-state index contributed by atoms with van der Waals surface area (Å²) in [6, 6.07) is 8.14. The van der Waals surface area contributed by atoms with Crippen LogP contribution in [0, 0.1) is 23.2 Å². The Balaban J connectivity index is 1.43. The average molecular weight is 371 g/mol. The third-order valence-corrected chi connectivity index (χ3v) is 7.04. The van der Waals surface area contributed by atoms with E-state index in [4.69, 9.17) is 9.47 Å². The maximum absolute atomic E-state index is 12.6. The predicted octanol–water partition coefficient (Wildman–Crippen LogP) is 3.07. The second-order valence-corrected chi connectivity index (χ2v) is 8.92. The van der Waals surface area contributed by atoms with E-state index in [1.807, 2.05) is 12.1 Å². The molecule has 4 rings (SSSR count). The molecule has 0 bridgehead atoms. The van der Waals surface area contributed by atoms with Crippen molar-refractivity contribution in [3.05, 3.63) is 41.5 Å². The van der Waals surface area contributed by atoms with E-state index in [1.165, 1.54) is 24.8 Å². The molecule has 1 aromatic rings.